The minimum Gasteiger partial charge on any atom is -0.301 e. The molecule has 1 aromatic rings. The van der Waals surface area contributed by atoms with Crippen LogP contribution in [0.1, 0.15) is 29.6 Å². The van der Waals surface area contributed by atoms with E-state index < -0.39 is 28.9 Å². The molecule has 0 N–H and O–H groups in total. The average Bonchev–Trinajstić information content (AvgIpc) is 2.64. The van der Waals surface area contributed by atoms with Gasteiger partial charge >= 0.3 is 0 Å². The quantitative estimate of drug-likeness (QED) is 0.624. The summed E-state index contributed by atoms with van der Waals surface area (Å²) in [7, 11) is 0. The normalized spacial score (nSPS) is 20.1. The van der Waals surface area contributed by atoms with Crippen LogP contribution in [0.25, 0.3) is 0 Å². The summed E-state index contributed by atoms with van der Waals surface area (Å²) >= 11 is 3.41. The van der Waals surface area contributed by atoms with Gasteiger partial charge in [-0.05, 0) is 30.4 Å². The Morgan fingerprint density at radius 2 is 1.85 bits per heavy atom. The molecule has 1 fully saturated rings. The van der Waals surface area contributed by atoms with Gasteiger partial charge in [-0.1, -0.05) is 22.4 Å². The zero-order chi connectivity index (χ0) is 14.5. The molecule has 1 saturated carbocycles. The van der Waals surface area contributed by atoms with E-state index in [1.807, 2.05) is 0 Å². The number of nitrogens with zero attached hydrogens (tertiary/aromatic N) is 1. The van der Waals surface area contributed by atoms with Gasteiger partial charge in [0.15, 0.2) is 0 Å². The number of halogens is 3. The summed E-state index contributed by atoms with van der Waals surface area (Å²) in [5.74, 6) is -3.37. The summed E-state index contributed by atoms with van der Waals surface area (Å²) in [6, 6.07) is 1.83. The van der Waals surface area contributed by atoms with Crippen molar-refractivity contribution in [2.45, 2.75) is 19.3 Å². The molecule has 1 aromatic carbocycles. The molecule has 0 unspecified atom stereocenters. The summed E-state index contributed by atoms with van der Waals surface area (Å²) in [5, 5.41) is 0.671. The molecule has 0 spiro atoms. The first-order valence-corrected chi connectivity index (χ1v) is 7.51. The van der Waals surface area contributed by atoms with Crippen molar-refractivity contribution in [3.8, 4) is 0 Å². The van der Waals surface area contributed by atoms with Gasteiger partial charge in [0.05, 0.1) is 11.3 Å². The maximum atomic E-state index is 13.9. The van der Waals surface area contributed by atoms with Gasteiger partial charge in [0.25, 0.3) is 11.7 Å². The third-order valence-corrected chi connectivity index (χ3v) is 5.39. The molecule has 0 atom stereocenters. The van der Waals surface area contributed by atoms with E-state index >= 15 is 0 Å². The summed E-state index contributed by atoms with van der Waals surface area (Å²) in [6.07, 6.45) is 2.85. The molecule has 3 nitrogen and oxygen atoms in total. The Morgan fingerprint density at radius 3 is 2.40 bits per heavy atom. The number of anilines is 1. The van der Waals surface area contributed by atoms with Crippen LogP contribution in [0, 0.1) is 17.0 Å². The molecule has 0 radical (unpaired) electrons. The second-order valence-electron chi connectivity index (χ2n) is 5.46. The van der Waals surface area contributed by atoms with Crippen LogP contribution in [0.3, 0.4) is 0 Å². The highest BCUT2D eigenvalue weighted by molar-refractivity contribution is 9.09. The monoisotopic (exact) mass is 343 g/mol. The number of hydrogen-bond donors (Lipinski definition) is 0. The third kappa shape index (κ3) is 1.81. The number of amides is 1. The molecule has 3 rings (SSSR count). The molecule has 6 heteroatoms. The van der Waals surface area contributed by atoms with E-state index in [0.29, 0.717) is 5.33 Å². The van der Waals surface area contributed by atoms with Crippen molar-refractivity contribution in [1.29, 1.82) is 0 Å². The second kappa shape index (κ2) is 4.62. The fraction of sp³-hybridized carbons (Fsp3) is 0.429. The summed E-state index contributed by atoms with van der Waals surface area (Å²) in [4.78, 5) is 25.0. The number of hydrogen-bond acceptors (Lipinski definition) is 2. The van der Waals surface area contributed by atoms with Crippen LogP contribution in [0.2, 0.25) is 0 Å². The summed E-state index contributed by atoms with van der Waals surface area (Å²) in [6.45, 7) is 0.246. The Hall–Kier alpha value is -1.30. The Morgan fingerprint density at radius 1 is 1.20 bits per heavy atom. The van der Waals surface area contributed by atoms with Crippen molar-refractivity contribution in [1.82, 2.24) is 0 Å². The number of rotatable bonds is 3. The first-order chi connectivity index (χ1) is 9.49. The molecule has 0 bridgehead atoms. The van der Waals surface area contributed by atoms with E-state index in [1.54, 1.807) is 0 Å². The highest BCUT2D eigenvalue weighted by Crippen LogP contribution is 2.45. The van der Waals surface area contributed by atoms with Crippen molar-refractivity contribution in [3.05, 3.63) is 29.3 Å². The number of carbonyl (C=O) groups is 2. The first kappa shape index (κ1) is 13.7. The average molecular weight is 344 g/mol. The van der Waals surface area contributed by atoms with Gasteiger partial charge in [-0.2, -0.15) is 0 Å². The van der Waals surface area contributed by atoms with Crippen LogP contribution in [0.5, 0.6) is 0 Å². The molecular formula is C14H12BrF2NO2. The highest BCUT2D eigenvalue weighted by atomic mass is 79.9. The van der Waals surface area contributed by atoms with E-state index in [0.717, 1.165) is 36.3 Å². The van der Waals surface area contributed by atoms with E-state index in [-0.39, 0.29) is 17.6 Å². The maximum absolute atomic E-state index is 13.9. The minimum atomic E-state index is -0.957. The molecule has 1 amide bonds. The van der Waals surface area contributed by atoms with Gasteiger partial charge in [0, 0.05) is 11.9 Å². The minimum absolute atomic E-state index is 0.143. The number of fused-ring (bicyclic) bond motifs is 1. The molecule has 1 aliphatic heterocycles. The number of alkyl halides is 1. The van der Waals surface area contributed by atoms with Gasteiger partial charge in [-0.15, -0.1) is 0 Å². The van der Waals surface area contributed by atoms with Crippen LogP contribution in [-0.4, -0.2) is 23.6 Å². The molecule has 1 heterocycles. The van der Waals surface area contributed by atoms with E-state index in [9.17, 15) is 18.4 Å². The Bertz CT molecular complexity index is 608. The fourth-order valence-corrected chi connectivity index (χ4v) is 3.59. The lowest BCUT2D eigenvalue weighted by atomic mass is 9.70. The standard InChI is InChI=1S/C14H12BrF2NO2/c15-6-14(4-1-5-14)7-18-11-9(17)3-2-8(16)10(11)12(19)13(18)20/h2-3H,1,4-7H2. The number of benzene rings is 1. The van der Waals surface area contributed by atoms with Crippen LogP contribution in [0.4, 0.5) is 14.5 Å². The van der Waals surface area contributed by atoms with E-state index in [2.05, 4.69) is 15.9 Å². The van der Waals surface area contributed by atoms with Gasteiger partial charge in [0.2, 0.25) is 0 Å². The zero-order valence-electron chi connectivity index (χ0n) is 10.6. The Kier molecular flexibility index (Phi) is 3.16. The molecule has 20 heavy (non-hydrogen) atoms. The van der Waals surface area contributed by atoms with Crippen LogP contribution >= 0.6 is 15.9 Å². The maximum Gasteiger partial charge on any atom is 0.299 e. The van der Waals surface area contributed by atoms with Gasteiger partial charge in [-0.3, -0.25) is 9.59 Å². The van der Waals surface area contributed by atoms with Gasteiger partial charge in [0.1, 0.15) is 11.6 Å². The van der Waals surface area contributed by atoms with Crippen molar-refractivity contribution in [2.75, 3.05) is 16.8 Å². The lowest BCUT2D eigenvalue weighted by molar-refractivity contribution is -0.114. The summed E-state index contributed by atoms with van der Waals surface area (Å²) in [5.41, 5.74) is -0.776. The highest BCUT2D eigenvalue weighted by Gasteiger charge is 2.46. The lowest BCUT2D eigenvalue weighted by Crippen LogP contribution is -2.45. The number of Topliss-reactive ketones (excluding diaryl/α,β-unsaturated/α-hetero) is 1. The molecular weight excluding hydrogens is 332 g/mol. The SMILES string of the molecule is O=C1C(=O)N(CC2(CBr)CCC2)c2c(F)ccc(F)c21. The van der Waals surface area contributed by atoms with Crippen LogP contribution in [0.15, 0.2) is 12.1 Å². The fourth-order valence-electron chi connectivity index (χ4n) is 2.85. The molecule has 2 aliphatic rings. The topological polar surface area (TPSA) is 37.4 Å². The predicted molar refractivity (Wildman–Crippen MR) is 73.1 cm³/mol. The Labute approximate surface area is 123 Å². The van der Waals surface area contributed by atoms with Crippen molar-refractivity contribution >= 4 is 33.3 Å². The summed E-state index contributed by atoms with van der Waals surface area (Å²) < 4.78 is 27.6. The second-order valence-corrected chi connectivity index (χ2v) is 6.02. The Balaban J connectivity index is 2.04. The van der Waals surface area contributed by atoms with Gasteiger partial charge in [-0.25, -0.2) is 8.78 Å². The van der Waals surface area contributed by atoms with Crippen molar-refractivity contribution in [3.63, 3.8) is 0 Å². The lowest BCUT2D eigenvalue weighted by Gasteiger charge is -2.43. The predicted octanol–water partition coefficient (Wildman–Crippen LogP) is 3.06. The van der Waals surface area contributed by atoms with Crippen molar-refractivity contribution in [2.24, 2.45) is 5.41 Å². The largest absolute Gasteiger partial charge is 0.301 e. The van der Waals surface area contributed by atoms with Crippen LogP contribution in [-0.2, 0) is 4.79 Å². The zero-order valence-corrected chi connectivity index (χ0v) is 12.2. The smallest absolute Gasteiger partial charge is 0.299 e. The number of ketones is 1. The first-order valence-electron chi connectivity index (χ1n) is 6.39. The molecule has 0 aromatic heterocycles. The van der Waals surface area contributed by atoms with E-state index in [1.165, 1.54) is 0 Å². The van der Waals surface area contributed by atoms with Crippen LogP contribution < -0.4 is 4.90 Å². The molecule has 0 saturated heterocycles. The number of carbonyl (C=O) groups excluding carboxylic acids is 2. The van der Waals surface area contributed by atoms with Crippen molar-refractivity contribution < 1.29 is 18.4 Å². The van der Waals surface area contributed by atoms with Gasteiger partial charge < -0.3 is 4.90 Å². The third-order valence-electron chi connectivity index (χ3n) is 4.21. The van der Waals surface area contributed by atoms with E-state index in [4.69, 9.17) is 0 Å². The molecule has 1 aliphatic carbocycles. The molecule has 106 valence electrons.